The van der Waals surface area contributed by atoms with Gasteiger partial charge in [-0.3, -0.25) is 9.52 Å². The van der Waals surface area contributed by atoms with Gasteiger partial charge < -0.3 is 14.8 Å². The molecule has 178 valence electrons. The smallest absolute Gasteiger partial charge is 0.263 e. The molecule has 0 fully saturated rings. The Morgan fingerprint density at radius 3 is 2.50 bits per heavy atom. The van der Waals surface area contributed by atoms with Gasteiger partial charge in [-0.25, -0.2) is 8.42 Å². The van der Waals surface area contributed by atoms with Crippen LogP contribution in [-0.2, 0) is 10.0 Å². The molecule has 1 amide bonds. The van der Waals surface area contributed by atoms with Crippen molar-refractivity contribution in [1.29, 1.82) is 0 Å². The molecule has 1 atom stereocenters. The van der Waals surface area contributed by atoms with Crippen LogP contribution in [0.25, 0.3) is 0 Å². The standard InChI is InChI=1S/C25H25ClN2O5S/c1-15-5-4-6-21(16(15)2)28-34(30,31)24-14-19(7-9-20(24)26)25(29)27-17(3)18-8-10-22-23(13-18)33-12-11-32-22/h4-10,13-14,17,28H,11-12H2,1-3H3,(H,27,29)/t17-/m0/s1. The lowest BCUT2D eigenvalue weighted by Gasteiger charge is -2.21. The van der Waals surface area contributed by atoms with Crippen LogP contribution in [0.1, 0.15) is 40.0 Å². The van der Waals surface area contributed by atoms with Gasteiger partial charge in [-0.15, -0.1) is 0 Å². The van der Waals surface area contributed by atoms with Gasteiger partial charge in [0, 0.05) is 5.56 Å². The van der Waals surface area contributed by atoms with Crippen LogP contribution in [0.5, 0.6) is 11.5 Å². The highest BCUT2D eigenvalue weighted by Crippen LogP contribution is 2.33. The van der Waals surface area contributed by atoms with Gasteiger partial charge in [0.2, 0.25) is 0 Å². The molecular formula is C25H25ClN2O5S. The van der Waals surface area contributed by atoms with Crippen LogP contribution in [-0.4, -0.2) is 27.5 Å². The van der Waals surface area contributed by atoms with Crippen molar-refractivity contribution in [2.75, 3.05) is 17.9 Å². The van der Waals surface area contributed by atoms with Crippen molar-refractivity contribution in [3.05, 3.63) is 81.9 Å². The first-order valence-corrected chi connectivity index (χ1v) is 12.6. The topological polar surface area (TPSA) is 93.7 Å². The quantitative estimate of drug-likeness (QED) is 0.495. The fraction of sp³-hybridized carbons (Fsp3) is 0.240. The fourth-order valence-electron chi connectivity index (χ4n) is 3.60. The van der Waals surface area contributed by atoms with Crippen molar-refractivity contribution < 1.29 is 22.7 Å². The maximum Gasteiger partial charge on any atom is 0.263 e. The lowest BCUT2D eigenvalue weighted by molar-refractivity contribution is 0.0939. The summed E-state index contributed by atoms with van der Waals surface area (Å²) in [6.07, 6.45) is 0. The van der Waals surface area contributed by atoms with Crippen LogP contribution in [0.3, 0.4) is 0 Å². The van der Waals surface area contributed by atoms with Crippen LogP contribution in [0.4, 0.5) is 5.69 Å². The summed E-state index contributed by atoms with van der Waals surface area (Å²) in [4.78, 5) is 12.8. The summed E-state index contributed by atoms with van der Waals surface area (Å²) in [6, 6.07) is 14.6. The third-order valence-corrected chi connectivity index (χ3v) is 7.59. The molecule has 0 aliphatic carbocycles. The van der Waals surface area contributed by atoms with E-state index in [9.17, 15) is 13.2 Å². The Morgan fingerprint density at radius 1 is 1.00 bits per heavy atom. The summed E-state index contributed by atoms with van der Waals surface area (Å²) < 4.78 is 39.9. The van der Waals surface area contributed by atoms with E-state index in [0.717, 1.165) is 16.7 Å². The Labute approximate surface area is 204 Å². The zero-order valence-electron chi connectivity index (χ0n) is 19.0. The second-order valence-electron chi connectivity index (χ2n) is 8.10. The SMILES string of the molecule is Cc1cccc(NS(=O)(=O)c2cc(C(=O)N[C@@H](C)c3ccc4c(c3)OCCO4)ccc2Cl)c1C. The third-order valence-electron chi connectivity index (χ3n) is 5.75. The van der Waals surface area contributed by atoms with Crippen molar-refractivity contribution in [2.45, 2.75) is 31.7 Å². The number of hydrogen-bond acceptors (Lipinski definition) is 5. The van der Waals surface area contributed by atoms with Crippen molar-refractivity contribution in [3.63, 3.8) is 0 Å². The van der Waals surface area contributed by atoms with Gasteiger partial charge in [0.05, 0.1) is 16.8 Å². The molecule has 0 saturated heterocycles. The number of rotatable bonds is 6. The monoisotopic (exact) mass is 500 g/mol. The average molecular weight is 501 g/mol. The van der Waals surface area contributed by atoms with E-state index in [0.29, 0.717) is 30.4 Å². The maximum atomic E-state index is 13.1. The summed E-state index contributed by atoms with van der Waals surface area (Å²) in [5.74, 6) is 0.863. The molecule has 0 radical (unpaired) electrons. The van der Waals surface area contributed by atoms with Gasteiger partial charge in [-0.05, 0) is 73.9 Å². The molecule has 1 aliphatic heterocycles. The summed E-state index contributed by atoms with van der Waals surface area (Å²) in [5.41, 5.74) is 3.22. The van der Waals surface area contributed by atoms with Crippen LogP contribution in [0.2, 0.25) is 5.02 Å². The van der Waals surface area contributed by atoms with E-state index in [-0.39, 0.29) is 21.5 Å². The second kappa shape index (κ2) is 9.56. The van der Waals surface area contributed by atoms with Gasteiger partial charge in [0.15, 0.2) is 11.5 Å². The van der Waals surface area contributed by atoms with Crippen LogP contribution < -0.4 is 19.5 Å². The van der Waals surface area contributed by atoms with Gasteiger partial charge in [0.1, 0.15) is 18.1 Å². The van der Waals surface area contributed by atoms with Crippen molar-refractivity contribution >= 4 is 33.2 Å². The van der Waals surface area contributed by atoms with E-state index in [4.69, 9.17) is 21.1 Å². The van der Waals surface area contributed by atoms with Crippen LogP contribution >= 0.6 is 11.6 Å². The molecule has 34 heavy (non-hydrogen) atoms. The number of halogens is 1. The van der Waals surface area contributed by atoms with Crippen molar-refractivity contribution in [2.24, 2.45) is 0 Å². The molecular weight excluding hydrogens is 476 g/mol. The highest BCUT2D eigenvalue weighted by atomic mass is 35.5. The number of aryl methyl sites for hydroxylation is 1. The average Bonchev–Trinajstić information content (AvgIpc) is 2.81. The minimum Gasteiger partial charge on any atom is -0.486 e. The summed E-state index contributed by atoms with van der Waals surface area (Å²) >= 11 is 6.22. The van der Waals surface area contributed by atoms with Crippen molar-refractivity contribution in [1.82, 2.24) is 5.32 Å². The number of ether oxygens (including phenoxy) is 2. The molecule has 0 saturated carbocycles. The molecule has 1 heterocycles. The number of sulfonamides is 1. The predicted octanol–water partition coefficient (Wildman–Crippen LogP) is 5.02. The second-order valence-corrected chi connectivity index (χ2v) is 10.2. The molecule has 7 nitrogen and oxygen atoms in total. The normalized spacial score (nSPS) is 13.8. The third kappa shape index (κ3) is 4.98. The van der Waals surface area contributed by atoms with Crippen LogP contribution in [0.15, 0.2) is 59.5 Å². The largest absolute Gasteiger partial charge is 0.486 e. The Morgan fingerprint density at radius 2 is 1.74 bits per heavy atom. The molecule has 1 aliphatic rings. The first kappa shape index (κ1) is 23.9. The number of fused-ring (bicyclic) bond motifs is 1. The lowest BCUT2D eigenvalue weighted by atomic mass is 10.1. The molecule has 4 rings (SSSR count). The first-order chi connectivity index (χ1) is 16.2. The molecule has 3 aromatic carbocycles. The minimum atomic E-state index is -4.02. The molecule has 0 aromatic heterocycles. The van der Waals surface area contributed by atoms with E-state index in [1.807, 2.05) is 39.0 Å². The summed E-state index contributed by atoms with van der Waals surface area (Å²) in [7, 11) is -4.02. The van der Waals surface area contributed by atoms with Crippen molar-refractivity contribution in [3.8, 4) is 11.5 Å². The molecule has 0 unspecified atom stereocenters. The van der Waals surface area contributed by atoms with Gasteiger partial charge in [0.25, 0.3) is 15.9 Å². The molecule has 3 aromatic rings. The van der Waals surface area contributed by atoms with Gasteiger partial charge in [-0.1, -0.05) is 29.8 Å². The number of amides is 1. The number of carbonyl (C=O) groups excluding carboxylic acids is 1. The van der Waals surface area contributed by atoms with Crippen LogP contribution in [0, 0.1) is 13.8 Å². The molecule has 0 bridgehead atoms. The number of hydrogen-bond donors (Lipinski definition) is 2. The Balaban J connectivity index is 1.55. The van der Waals surface area contributed by atoms with Gasteiger partial charge >= 0.3 is 0 Å². The molecule has 9 heteroatoms. The highest BCUT2D eigenvalue weighted by Gasteiger charge is 2.22. The zero-order valence-corrected chi connectivity index (χ0v) is 20.6. The maximum absolute atomic E-state index is 13.1. The minimum absolute atomic E-state index is 0.0224. The summed E-state index contributed by atoms with van der Waals surface area (Å²) in [5, 5.41) is 2.91. The summed E-state index contributed by atoms with van der Waals surface area (Å²) in [6.45, 7) is 6.53. The lowest BCUT2D eigenvalue weighted by Crippen LogP contribution is -2.27. The Kier molecular flexibility index (Phi) is 6.72. The predicted molar refractivity (Wildman–Crippen MR) is 131 cm³/mol. The van der Waals surface area contributed by atoms with E-state index < -0.39 is 15.9 Å². The van der Waals surface area contributed by atoms with E-state index in [1.54, 1.807) is 18.2 Å². The fourth-order valence-corrected chi connectivity index (χ4v) is 5.25. The van der Waals surface area contributed by atoms with E-state index in [1.165, 1.54) is 18.2 Å². The van der Waals surface area contributed by atoms with Gasteiger partial charge in [-0.2, -0.15) is 0 Å². The Hall–Kier alpha value is -3.23. The molecule has 0 spiro atoms. The van der Waals surface area contributed by atoms with E-state index in [2.05, 4.69) is 10.0 Å². The molecule has 2 N–H and O–H groups in total. The van der Waals surface area contributed by atoms with E-state index >= 15 is 0 Å². The first-order valence-electron chi connectivity index (χ1n) is 10.7. The number of benzene rings is 3. The Bertz CT molecular complexity index is 1360. The number of anilines is 1. The highest BCUT2D eigenvalue weighted by molar-refractivity contribution is 7.92. The number of nitrogens with one attached hydrogen (secondary N) is 2. The zero-order chi connectivity index (χ0) is 24.5. The number of carbonyl (C=O) groups is 1.